The Morgan fingerprint density at radius 2 is 1.73 bits per heavy atom. The minimum atomic E-state index is -2.85. The van der Waals surface area contributed by atoms with Gasteiger partial charge >= 0.3 is 16.5 Å². The Kier molecular flexibility index (Phi) is 4.22. The van der Waals surface area contributed by atoms with Crippen LogP contribution in [0.15, 0.2) is 0 Å². The van der Waals surface area contributed by atoms with Gasteiger partial charge < -0.3 is 0 Å². The summed E-state index contributed by atoms with van der Waals surface area (Å²) in [5.74, 6) is 0. The third-order valence-electron chi connectivity index (χ3n) is 0.485. The first kappa shape index (κ1) is 11.1. The van der Waals surface area contributed by atoms with Gasteiger partial charge in [-0.2, -0.15) is 0 Å². The Morgan fingerprint density at radius 3 is 2.00 bits per heavy atom. The molecular formula is C4H10O5P2+2. The van der Waals surface area contributed by atoms with Crippen molar-refractivity contribution in [3.63, 3.8) is 0 Å². The van der Waals surface area contributed by atoms with E-state index in [-0.39, 0.29) is 0 Å². The van der Waals surface area contributed by atoms with Gasteiger partial charge in [-0.3, -0.25) is 0 Å². The molecule has 7 heteroatoms. The Morgan fingerprint density at radius 1 is 1.27 bits per heavy atom. The molecule has 5 nitrogen and oxygen atoms in total. The molecule has 0 aliphatic heterocycles. The number of rotatable bonds is 3. The van der Waals surface area contributed by atoms with E-state index in [1.807, 2.05) is 0 Å². The van der Waals surface area contributed by atoms with E-state index < -0.39 is 22.1 Å². The lowest BCUT2D eigenvalue weighted by atomic mass is 10.2. The van der Waals surface area contributed by atoms with Crippen LogP contribution in [0.25, 0.3) is 0 Å². The minimum Gasteiger partial charge on any atom is -0.131 e. The summed E-state index contributed by atoms with van der Waals surface area (Å²) >= 11 is 0. The topological polar surface area (TPSA) is 72.8 Å². The van der Waals surface area contributed by atoms with E-state index in [4.69, 9.17) is 9.42 Å². The third kappa shape index (κ3) is 7.98. The molecule has 1 N–H and O–H groups in total. The second-order valence-electron chi connectivity index (χ2n) is 2.75. The molecule has 64 valence electrons. The van der Waals surface area contributed by atoms with E-state index in [2.05, 4.69) is 4.31 Å². The van der Waals surface area contributed by atoms with Crippen LogP contribution in [-0.2, 0) is 18.0 Å². The molecule has 0 saturated carbocycles. The summed E-state index contributed by atoms with van der Waals surface area (Å²) in [5, 5.41) is 0. The third-order valence-corrected chi connectivity index (χ3v) is 2.27. The first-order valence-electron chi connectivity index (χ1n) is 2.82. The SMILES string of the molecule is CC(C)(C)O[P+](=O)O[P+](=O)O. The highest BCUT2D eigenvalue weighted by atomic mass is 31.2. The molecule has 2 unspecified atom stereocenters. The standard InChI is InChI=1S/C4H9O5P2/c1-4(2,3)8-11(7)9-10(5)6/h1-3H3/q+1/p+1. The molecule has 0 rings (SSSR count). The number of hydrogen-bond donors (Lipinski definition) is 1. The van der Waals surface area contributed by atoms with Crippen LogP contribution >= 0.6 is 16.5 Å². The van der Waals surface area contributed by atoms with Gasteiger partial charge in [0.1, 0.15) is 5.60 Å². The van der Waals surface area contributed by atoms with Crippen LogP contribution in [0.1, 0.15) is 20.8 Å². The molecule has 2 atom stereocenters. The zero-order valence-electron chi connectivity index (χ0n) is 6.47. The molecule has 0 aromatic carbocycles. The molecule has 0 aliphatic carbocycles. The van der Waals surface area contributed by atoms with Gasteiger partial charge in [0.2, 0.25) is 0 Å². The van der Waals surface area contributed by atoms with Crippen LogP contribution < -0.4 is 0 Å². The lowest BCUT2D eigenvalue weighted by molar-refractivity contribution is 0.125. The van der Waals surface area contributed by atoms with Gasteiger partial charge in [-0.1, -0.05) is 0 Å². The second-order valence-corrected chi connectivity index (χ2v) is 4.51. The maximum Gasteiger partial charge on any atom is 0.748 e. The Balaban J connectivity index is 3.80. The Labute approximate surface area is 66.6 Å². The zero-order chi connectivity index (χ0) is 9.07. The fourth-order valence-corrected chi connectivity index (χ4v) is 1.33. The molecule has 0 radical (unpaired) electrons. The highest BCUT2D eigenvalue weighted by Gasteiger charge is 2.40. The first-order chi connectivity index (χ1) is 4.81. The van der Waals surface area contributed by atoms with Gasteiger partial charge in [-0.05, 0) is 20.8 Å². The molecular weight excluding hydrogens is 190 g/mol. The molecule has 0 aromatic heterocycles. The second kappa shape index (κ2) is 4.19. The van der Waals surface area contributed by atoms with Crippen LogP contribution in [0.2, 0.25) is 0 Å². The van der Waals surface area contributed by atoms with Crippen LogP contribution in [-0.4, -0.2) is 10.5 Å². The molecule has 11 heavy (non-hydrogen) atoms. The smallest absolute Gasteiger partial charge is 0.131 e. The lowest BCUT2D eigenvalue weighted by Crippen LogP contribution is -2.14. The summed E-state index contributed by atoms with van der Waals surface area (Å²) in [6.07, 6.45) is 0. The van der Waals surface area contributed by atoms with Crippen molar-refractivity contribution in [2.75, 3.05) is 0 Å². The highest BCUT2D eigenvalue weighted by molar-refractivity contribution is 7.47. The number of hydrogen-bond acceptors (Lipinski definition) is 4. The van der Waals surface area contributed by atoms with Crippen molar-refractivity contribution < 1.29 is 22.9 Å². The van der Waals surface area contributed by atoms with Crippen molar-refractivity contribution >= 4 is 16.5 Å². The van der Waals surface area contributed by atoms with Gasteiger partial charge in [0.25, 0.3) is 0 Å². The van der Waals surface area contributed by atoms with Gasteiger partial charge in [0.15, 0.2) is 4.31 Å². The summed E-state index contributed by atoms with van der Waals surface area (Å²) in [5.41, 5.74) is -0.640. The molecule has 0 aliphatic rings. The van der Waals surface area contributed by atoms with Crippen molar-refractivity contribution in [2.24, 2.45) is 0 Å². The van der Waals surface area contributed by atoms with Gasteiger partial charge in [0.05, 0.1) is 0 Å². The molecule has 0 heterocycles. The van der Waals surface area contributed by atoms with E-state index in [1.54, 1.807) is 20.8 Å². The predicted molar refractivity (Wildman–Crippen MR) is 39.4 cm³/mol. The van der Waals surface area contributed by atoms with E-state index >= 15 is 0 Å². The van der Waals surface area contributed by atoms with E-state index in [9.17, 15) is 9.13 Å². The monoisotopic (exact) mass is 200 g/mol. The summed E-state index contributed by atoms with van der Waals surface area (Å²) in [6.45, 7) is 4.98. The fourth-order valence-electron chi connectivity index (χ4n) is 0.297. The Hall–Kier alpha value is 0.0800. The highest BCUT2D eigenvalue weighted by Crippen LogP contribution is 2.39. The van der Waals surface area contributed by atoms with Gasteiger partial charge in [0, 0.05) is 9.13 Å². The molecule has 0 fully saturated rings. The molecule has 0 amide bonds. The van der Waals surface area contributed by atoms with Crippen LogP contribution in [0.5, 0.6) is 0 Å². The van der Waals surface area contributed by atoms with Gasteiger partial charge in [-0.15, -0.1) is 9.42 Å². The van der Waals surface area contributed by atoms with Crippen molar-refractivity contribution in [3.8, 4) is 0 Å². The average Bonchev–Trinajstić information content (AvgIpc) is 1.53. The molecule has 0 bridgehead atoms. The maximum absolute atomic E-state index is 10.6. The van der Waals surface area contributed by atoms with Gasteiger partial charge in [-0.25, -0.2) is 0 Å². The Bertz CT molecular complexity index is 172. The molecule has 0 saturated heterocycles. The van der Waals surface area contributed by atoms with Crippen molar-refractivity contribution in [1.29, 1.82) is 0 Å². The van der Waals surface area contributed by atoms with E-state index in [0.29, 0.717) is 0 Å². The van der Waals surface area contributed by atoms with Crippen LogP contribution in [0, 0.1) is 0 Å². The average molecular weight is 200 g/mol. The zero-order valence-corrected chi connectivity index (χ0v) is 8.26. The van der Waals surface area contributed by atoms with Crippen molar-refractivity contribution in [3.05, 3.63) is 0 Å². The maximum atomic E-state index is 10.6. The van der Waals surface area contributed by atoms with Crippen LogP contribution in [0.3, 0.4) is 0 Å². The molecule has 0 spiro atoms. The summed E-state index contributed by atoms with van der Waals surface area (Å²) in [6, 6.07) is 0. The van der Waals surface area contributed by atoms with Crippen molar-refractivity contribution in [2.45, 2.75) is 26.4 Å². The quantitative estimate of drug-likeness (QED) is 0.706. The first-order valence-corrected chi connectivity index (χ1v) is 5.04. The van der Waals surface area contributed by atoms with Crippen LogP contribution in [0.4, 0.5) is 0 Å². The summed E-state index contributed by atoms with van der Waals surface area (Å²) in [7, 11) is -5.34. The van der Waals surface area contributed by atoms with E-state index in [0.717, 1.165) is 0 Å². The minimum absolute atomic E-state index is 0.640. The summed E-state index contributed by atoms with van der Waals surface area (Å²) in [4.78, 5) is 8.14. The molecule has 0 aromatic rings. The predicted octanol–water partition coefficient (Wildman–Crippen LogP) is 2.13. The fraction of sp³-hybridized carbons (Fsp3) is 1.00. The lowest BCUT2D eigenvalue weighted by Gasteiger charge is -2.05. The normalized spacial score (nSPS) is 14.5. The van der Waals surface area contributed by atoms with Crippen molar-refractivity contribution in [1.82, 2.24) is 0 Å². The van der Waals surface area contributed by atoms with E-state index in [1.165, 1.54) is 0 Å². The largest absolute Gasteiger partial charge is 0.748 e. The summed E-state index contributed by atoms with van der Waals surface area (Å²) < 4.78 is 29.3.